The van der Waals surface area contributed by atoms with Crippen LogP contribution in [0.15, 0.2) is 24.3 Å². The van der Waals surface area contributed by atoms with Gasteiger partial charge in [-0.25, -0.2) is 0 Å². The van der Waals surface area contributed by atoms with Gasteiger partial charge in [-0.05, 0) is 23.5 Å². The van der Waals surface area contributed by atoms with Crippen molar-refractivity contribution in [3.8, 4) is 11.3 Å². The predicted molar refractivity (Wildman–Crippen MR) is 76.7 cm³/mol. The minimum Gasteiger partial charge on any atom is -0.310 e. The molecule has 0 aliphatic carbocycles. The Morgan fingerprint density at radius 3 is 2.56 bits per heavy atom. The van der Waals surface area contributed by atoms with Crippen molar-refractivity contribution in [2.24, 2.45) is 0 Å². The van der Waals surface area contributed by atoms with Crippen molar-refractivity contribution in [2.75, 3.05) is 0 Å². The predicted octanol–water partition coefficient (Wildman–Crippen LogP) is 3.27. The summed E-state index contributed by atoms with van der Waals surface area (Å²) in [6, 6.07) is 9.06. The zero-order valence-corrected chi connectivity index (χ0v) is 11.9. The number of rotatable bonds is 5. The standard InChI is InChI=1S/C14H19N3S/c1-4-11-5-7-12(8-6-11)14-13(18-17-16-14)9-15-10(2)3/h5-8,10,15H,4,9H2,1-3H3. The van der Waals surface area contributed by atoms with Crippen LogP contribution in [0.1, 0.15) is 31.2 Å². The zero-order valence-electron chi connectivity index (χ0n) is 11.1. The van der Waals surface area contributed by atoms with E-state index in [1.807, 2.05) is 0 Å². The monoisotopic (exact) mass is 261 g/mol. The highest BCUT2D eigenvalue weighted by molar-refractivity contribution is 7.05. The number of nitrogens with one attached hydrogen (secondary N) is 1. The molecule has 96 valence electrons. The molecule has 0 fully saturated rings. The second-order valence-corrected chi connectivity index (χ2v) is 5.47. The average molecular weight is 261 g/mol. The SMILES string of the molecule is CCc1ccc(-c2nnsc2CNC(C)C)cc1. The third-order valence-corrected chi connectivity index (χ3v) is 3.58. The van der Waals surface area contributed by atoms with Crippen LogP contribution < -0.4 is 5.32 Å². The lowest BCUT2D eigenvalue weighted by molar-refractivity contribution is 0.593. The molecule has 2 aromatic rings. The van der Waals surface area contributed by atoms with Gasteiger partial charge in [-0.3, -0.25) is 0 Å². The molecule has 1 aromatic heterocycles. The van der Waals surface area contributed by atoms with Crippen LogP contribution >= 0.6 is 11.5 Å². The van der Waals surface area contributed by atoms with Crippen molar-refractivity contribution in [2.45, 2.75) is 39.8 Å². The maximum Gasteiger partial charge on any atom is 0.110 e. The molecule has 0 atom stereocenters. The molecular formula is C14H19N3S. The van der Waals surface area contributed by atoms with Gasteiger partial charge in [0.15, 0.2) is 0 Å². The summed E-state index contributed by atoms with van der Waals surface area (Å²) < 4.78 is 4.07. The molecule has 0 saturated carbocycles. The molecule has 4 heteroatoms. The second-order valence-electron chi connectivity index (χ2n) is 4.63. The van der Waals surface area contributed by atoms with Gasteiger partial charge in [-0.15, -0.1) is 5.10 Å². The Labute approximate surface area is 112 Å². The van der Waals surface area contributed by atoms with E-state index in [1.54, 1.807) is 0 Å². The molecule has 0 spiro atoms. The largest absolute Gasteiger partial charge is 0.310 e. The Morgan fingerprint density at radius 1 is 1.22 bits per heavy atom. The van der Waals surface area contributed by atoms with Crippen LogP contribution in [0.25, 0.3) is 11.3 Å². The Bertz CT molecular complexity index is 488. The highest BCUT2D eigenvalue weighted by Crippen LogP contribution is 2.24. The summed E-state index contributed by atoms with van der Waals surface area (Å²) in [5.74, 6) is 0. The molecule has 0 saturated heterocycles. The fourth-order valence-electron chi connectivity index (χ4n) is 1.74. The molecule has 0 amide bonds. The molecule has 18 heavy (non-hydrogen) atoms. The Kier molecular flexibility index (Phi) is 4.44. The van der Waals surface area contributed by atoms with Gasteiger partial charge in [0.1, 0.15) is 5.69 Å². The van der Waals surface area contributed by atoms with E-state index in [-0.39, 0.29) is 0 Å². The topological polar surface area (TPSA) is 37.8 Å². The maximum absolute atomic E-state index is 4.25. The summed E-state index contributed by atoms with van der Waals surface area (Å²) in [5.41, 5.74) is 3.51. The fourth-order valence-corrected chi connectivity index (χ4v) is 2.35. The number of hydrogen-bond donors (Lipinski definition) is 1. The summed E-state index contributed by atoms with van der Waals surface area (Å²) in [5, 5.41) is 7.66. The number of aryl methyl sites for hydroxylation is 1. The van der Waals surface area contributed by atoms with Gasteiger partial charge >= 0.3 is 0 Å². The van der Waals surface area contributed by atoms with Crippen molar-refractivity contribution < 1.29 is 0 Å². The van der Waals surface area contributed by atoms with Gasteiger partial charge in [0.25, 0.3) is 0 Å². The number of aromatic nitrogens is 2. The van der Waals surface area contributed by atoms with E-state index in [1.165, 1.54) is 22.0 Å². The summed E-state index contributed by atoms with van der Waals surface area (Å²) in [6.07, 6.45) is 1.07. The quantitative estimate of drug-likeness (QED) is 0.897. The van der Waals surface area contributed by atoms with E-state index in [0.717, 1.165) is 24.2 Å². The van der Waals surface area contributed by atoms with Gasteiger partial charge in [0, 0.05) is 18.2 Å². The van der Waals surface area contributed by atoms with Crippen molar-refractivity contribution in [1.82, 2.24) is 14.9 Å². The van der Waals surface area contributed by atoms with E-state index in [0.29, 0.717) is 6.04 Å². The molecule has 2 rings (SSSR count). The molecule has 1 heterocycles. The van der Waals surface area contributed by atoms with E-state index in [4.69, 9.17) is 0 Å². The van der Waals surface area contributed by atoms with Crippen LogP contribution in [0, 0.1) is 0 Å². The first-order valence-corrected chi connectivity index (χ1v) is 7.12. The molecule has 0 unspecified atom stereocenters. The number of hydrogen-bond acceptors (Lipinski definition) is 4. The first-order chi connectivity index (χ1) is 8.70. The first kappa shape index (κ1) is 13.2. The van der Waals surface area contributed by atoms with Gasteiger partial charge in [-0.2, -0.15) is 0 Å². The van der Waals surface area contributed by atoms with Crippen LogP contribution in [-0.2, 0) is 13.0 Å². The molecule has 0 radical (unpaired) electrons. The van der Waals surface area contributed by atoms with E-state index >= 15 is 0 Å². The summed E-state index contributed by atoms with van der Waals surface area (Å²) >= 11 is 1.47. The van der Waals surface area contributed by atoms with Crippen molar-refractivity contribution in [1.29, 1.82) is 0 Å². The average Bonchev–Trinajstić information content (AvgIpc) is 2.85. The maximum atomic E-state index is 4.25. The van der Waals surface area contributed by atoms with Crippen molar-refractivity contribution >= 4 is 11.5 Å². The summed E-state index contributed by atoms with van der Waals surface area (Å²) in [4.78, 5) is 1.20. The summed E-state index contributed by atoms with van der Waals surface area (Å²) in [7, 11) is 0. The number of benzene rings is 1. The Morgan fingerprint density at radius 2 is 1.94 bits per heavy atom. The fraction of sp³-hybridized carbons (Fsp3) is 0.429. The van der Waals surface area contributed by atoms with Gasteiger partial charge in [0.05, 0.1) is 4.88 Å². The number of nitrogens with zero attached hydrogens (tertiary/aromatic N) is 2. The van der Waals surface area contributed by atoms with Crippen LogP contribution in [-0.4, -0.2) is 15.6 Å². The van der Waals surface area contributed by atoms with Crippen molar-refractivity contribution in [3.05, 3.63) is 34.7 Å². The van der Waals surface area contributed by atoms with E-state index in [9.17, 15) is 0 Å². The highest BCUT2D eigenvalue weighted by atomic mass is 32.1. The van der Waals surface area contributed by atoms with E-state index in [2.05, 4.69) is 59.9 Å². The lowest BCUT2D eigenvalue weighted by Crippen LogP contribution is -2.21. The Balaban J connectivity index is 2.19. The van der Waals surface area contributed by atoms with Crippen LogP contribution in [0.2, 0.25) is 0 Å². The molecule has 3 nitrogen and oxygen atoms in total. The van der Waals surface area contributed by atoms with Crippen LogP contribution in [0.3, 0.4) is 0 Å². The lowest BCUT2D eigenvalue weighted by Gasteiger charge is -2.07. The molecule has 0 aliphatic heterocycles. The third kappa shape index (κ3) is 3.15. The molecular weight excluding hydrogens is 242 g/mol. The van der Waals surface area contributed by atoms with E-state index < -0.39 is 0 Å². The summed E-state index contributed by atoms with van der Waals surface area (Å²) in [6.45, 7) is 7.28. The lowest BCUT2D eigenvalue weighted by atomic mass is 10.1. The minimum absolute atomic E-state index is 0.474. The van der Waals surface area contributed by atoms with Crippen molar-refractivity contribution in [3.63, 3.8) is 0 Å². The van der Waals surface area contributed by atoms with Gasteiger partial charge in [-0.1, -0.05) is 49.5 Å². The molecule has 1 N–H and O–H groups in total. The highest BCUT2D eigenvalue weighted by Gasteiger charge is 2.10. The van der Waals surface area contributed by atoms with Crippen LogP contribution in [0.4, 0.5) is 0 Å². The second kappa shape index (κ2) is 6.07. The van der Waals surface area contributed by atoms with Crippen LogP contribution in [0.5, 0.6) is 0 Å². The van der Waals surface area contributed by atoms with Gasteiger partial charge in [0.2, 0.25) is 0 Å². The van der Waals surface area contributed by atoms with Gasteiger partial charge < -0.3 is 5.32 Å². The molecule has 1 aromatic carbocycles. The first-order valence-electron chi connectivity index (χ1n) is 6.34. The normalized spacial score (nSPS) is 11.1. The zero-order chi connectivity index (χ0) is 13.0. The molecule has 0 bridgehead atoms. The smallest absolute Gasteiger partial charge is 0.110 e. The Hall–Kier alpha value is -1.26. The molecule has 0 aliphatic rings. The minimum atomic E-state index is 0.474. The third-order valence-electron chi connectivity index (χ3n) is 2.86.